The summed E-state index contributed by atoms with van der Waals surface area (Å²) in [5.41, 5.74) is 7.79. The van der Waals surface area contributed by atoms with Gasteiger partial charge in [0.25, 0.3) is 0 Å². The highest BCUT2D eigenvalue weighted by molar-refractivity contribution is 6.58. The molecule has 0 amide bonds. The number of nitrogens with one attached hydrogen (secondary N) is 2. The van der Waals surface area contributed by atoms with E-state index in [2.05, 4.69) is 10.9 Å². The van der Waals surface area contributed by atoms with Crippen molar-refractivity contribution in [2.75, 3.05) is 6.54 Å². The van der Waals surface area contributed by atoms with Crippen LogP contribution in [0.5, 0.6) is 0 Å². The van der Waals surface area contributed by atoms with Crippen LogP contribution in [0.2, 0.25) is 0 Å². The molecule has 0 saturated carbocycles. The van der Waals surface area contributed by atoms with E-state index in [0.29, 0.717) is 5.46 Å². The average Bonchev–Trinajstić information content (AvgIpc) is 2.71. The van der Waals surface area contributed by atoms with E-state index in [0.717, 1.165) is 18.5 Å². The maximum Gasteiger partial charge on any atom is 0.488 e. The lowest BCUT2D eigenvalue weighted by atomic mass is 9.79. The van der Waals surface area contributed by atoms with Crippen LogP contribution < -0.4 is 16.3 Å². The van der Waals surface area contributed by atoms with E-state index >= 15 is 0 Å². The van der Waals surface area contributed by atoms with Crippen molar-refractivity contribution in [3.63, 3.8) is 0 Å². The smallest absolute Gasteiger partial charge is 0.423 e. The van der Waals surface area contributed by atoms with Crippen LogP contribution in [-0.4, -0.2) is 23.7 Å². The van der Waals surface area contributed by atoms with Gasteiger partial charge in [-0.15, -0.1) is 0 Å². The van der Waals surface area contributed by atoms with Gasteiger partial charge in [0.05, 0.1) is 0 Å². The molecule has 1 aromatic rings. The van der Waals surface area contributed by atoms with Crippen LogP contribution in [0, 0.1) is 0 Å². The molecule has 14 heavy (non-hydrogen) atoms. The molecular weight excluding hydrogens is 179 g/mol. The number of benzene rings is 1. The van der Waals surface area contributed by atoms with Gasteiger partial charge in [0.2, 0.25) is 0 Å². The minimum Gasteiger partial charge on any atom is -0.423 e. The van der Waals surface area contributed by atoms with Gasteiger partial charge in [-0.05, 0) is 17.4 Å². The summed E-state index contributed by atoms with van der Waals surface area (Å²) in [5.74, 6) is 0. The summed E-state index contributed by atoms with van der Waals surface area (Å²) in [7, 11) is -1.38. The second kappa shape index (κ2) is 4.10. The van der Waals surface area contributed by atoms with Crippen LogP contribution in [0.3, 0.4) is 0 Å². The molecule has 1 aliphatic heterocycles. The molecule has 74 valence electrons. The zero-order valence-electron chi connectivity index (χ0n) is 7.77. The fourth-order valence-electron chi connectivity index (χ4n) is 1.67. The van der Waals surface area contributed by atoms with E-state index in [4.69, 9.17) is 10.0 Å². The summed E-state index contributed by atoms with van der Waals surface area (Å²) in [6.07, 6.45) is 1.02. The van der Waals surface area contributed by atoms with Crippen LogP contribution in [0.25, 0.3) is 0 Å². The summed E-state index contributed by atoms with van der Waals surface area (Å²) in [6, 6.07) is 7.61. The van der Waals surface area contributed by atoms with Crippen molar-refractivity contribution < 1.29 is 10.0 Å². The molecule has 0 aliphatic carbocycles. The summed E-state index contributed by atoms with van der Waals surface area (Å²) in [5, 5.41) is 18.0. The second-order valence-corrected chi connectivity index (χ2v) is 3.46. The largest absolute Gasteiger partial charge is 0.488 e. The lowest BCUT2D eigenvalue weighted by molar-refractivity contribution is 0.425. The molecule has 0 radical (unpaired) electrons. The molecule has 0 aromatic heterocycles. The van der Waals surface area contributed by atoms with Gasteiger partial charge in [-0.25, -0.2) is 0 Å². The van der Waals surface area contributed by atoms with Crippen molar-refractivity contribution in [2.24, 2.45) is 0 Å². The van der Waals surface area contributed by atoms with E-state index in [-0.39, 0.29) is 6.04 Å². The summed E-state index contributed by atoms with van der Waals surface area (Å²) >= 11 is 0. The highest BCUT2D eigenvalue weighted by atomic mass is 16.4. The van der Waals surface area contributed by atoms with E-state index in [1.807, 2.05) is 18.2 Å². The van der Waals surface area contributed by atoms with Gasteiger partial charge in [0.15, 0.2) is 0 Å². The maximum atomic E-state index is 9.01. The van der Waals surface area contributed by atoms with E-state index in [1.165, 1.54) is 0 Å². The Bertz CT molecular complexity index is 313. The molecule has 1 fully saturated rings. The molecule has 0 spiro atoms. The molecule has 1 heterocycles. The van der Waals surface area contributed by atoms with Crippen LogP contribution in [-0.2, 0) is 0 Å². The Morgan fingerprint density at radius 1 is 1.36 bits per heavy atom. The minimum atomic E-state index is -1.38. The van der Waals surface area contributed by atoms with Crippen molar-refractivity contribution in [1.82, 2.24) is 10.9 Å². The van der Waals surface area contributed by atoms with Crippen molar-refractivity contribution in [3.05, 3.63) is 29.8 Å². The maximum absolute atomic E-state index is 9.01. The van der Waals surface area contributed by atoms with Crippen molar-refractivity contribution >= 4 is 12.6 Å². The van der Waals surface area contributed by atoms with Crippen molar-refractivity contribution in [1.29, 1.82) is 0 Å². The standard InChI is InChI=1S/C9H13BN2O2/c13-10(14)8-3-1-2-7(6-8)9-4-5-11-12-9/h1-3,6,9,11-14H,4-5H2. The van der Waals surface area contributed by atoms with Gasteiger partial charge in [-0.1, -0.05) is 24.3 Å². The molecule has 1 aromatic carbocycles. The molecule has 5 heteroatoms. The Balaban J connectivity index is 2.21. The number of hydrogen-bond donors (Lipinski definition) is 4. The van der Waals surface area contributed by atoms with Gasteiger partial charge in [0, 0.05) is 12.6 Å². The third-order valence-electron chi connectivity index (χ3n) is 2.45. The van der Waals surface area contributed by atoms with Crippen molar-refractivity contribution in [2.45, 2.75) is 12.5 Å². The first-order chi connectivity index (χ1) is 6.77. The Kier molecular flexibility index (Phi) is 2.83. The van der Waals surface area contributed by atoms with Gasteiger partial charge in [-0.2, -0.15) is 0 Å². The summed E-state index contributed by atoms with van der Waals surface area (Å²) < 4.78 is 0. The minimum absolute atomic E-state index is 0.272. The van der Waals surface area contributed by atoms with E-state index in [1.54, 1.807) is 6.07 Å². The molecule has 0 bridgehead atoms. The molecular formula is C9H13BN2O2. The summed E-state index contributed by atoms with van der Waals surface area (Å²) in [6.45, 7) is 0.941. The average molecular weight is 192 g/mol. The SMILES string of the molecule is OB(O)c1cccc(C2CCNN2)c1. The zero-order chi connectivity index (χ0) is 9.97. The monoisotopic (exact) mass is 192 g/mol. The van der Waals surface area contributed by atoms with Gasteiger partial charge >= 0.3 is 7.12 Å². The van der Waals surface area contributed by atoms with Crippen LogP contribution >= 0.6 is 0 Å². The first-order valence-corrected chi connectivity index (χ1v) is 4.72. The van der Waals surface area contributed by atoms with Crippen LogP contribution in [0.1, 0.15) is 18.0 Å². The highest BCUT2D eigenvalue weighted by Crippen LogP contribution is 2.17. The van der Waals surface area contributed by atoms with Gasteiger partial charge in [0.1, 0.15) is 0 Å². The van der Waals surface area contributed by atoms with Crippen LogP contribution in [0.15, 0.2) is 24.3 Å². The molecule has 4 nitrogen and oxygen atoms in total. The normalized spacial score (nSPS) is 21.1. The molecule has 2 rings (SSSR count). The Morgan fingerprint density at radius 2 is 2.21 bits per heavy atom. The van der Waals surface area contributed by atoms with Crippen molar-refractivity contribution in [3.8, 4) is 0 Å². The van der Waals surface area contributed by atoms with Crippen LogP contribution in [0.4, 0.5) is 0 Å². The Labute approximate surface area is 83.1 Å². The Morgan fingerprint density at radius 3 is 2.86 bits per heavy atom. The third-order valence-corrected chi connectivity index (χ3v) is 2.45. The fraction of sp³-hybridized carbons (Fsp3) is 0.333. The molecule has 1 unspecified atom stereocenters. The third kappa shape index (κ3) is 1.96. The lowest BCUT2D eigenvalue weighted by Gasteiger charge is -2.10. The number of hydrogen-bond acceptors (Lipinski definition) is 4. The Hall–Kier alpha value is -0.875. The second-order valence-electron chi connectivity index (χ2n) is 3.46. The quantitative estimate of drug-likeness (QED) is 0.449. The van der Waals surface area contributed by atoms with Gasteiger partial charge in [-0.3, -0.25) is 10.9 Å². The molecule has 1 saturated heterocycles. The fourth-order valence-corrected chi connectivity index (χ4v) is 1.67. The molecule has 4 N–H and O–H groups in total. The molecule has 1 atom stereocenters. The predicted molar refractivity (Wildman–Crippen MR) is 54.8 cm³/mol. The highest BCUT2D eigenvalue weighted by Gasteiger charge is 2.18. The first kappa shape index (κ1) is 9.67. The number of hydrazine groups is 1. The lowest BCUT2D eigenvalue weighted by Crippen LogP contribution is -2.31. The van der Waals surface area contributed by atoms with Gasteiger partial charge < -0.3 is 10.0 Å². The summed E-state index contributed by atoms with van der Waals surface area (Å²) in [4.78, 5) is 0. The topological polar surface area (TPSA) is 64.5 Å². The first-order valence-electron chi connectivity index (χ1n) is 4.72. The predicted octanol–water partition coefficient (Wildman–Crippen LogP) is -1.09. The van der Waals surface area contributed by atoms with E-state index in [9.17, 15) is 0 Å². The molecule has 1 aliphatic rings. The zero-order valence-corrected chi connectivity index (χ0v) is 7.77. The number of rotatable bonds is 2. The van der Waals surface area contributed by atoms with E-state index < -0.39 is 7.12 Å².